The van der Waals surface area contributed by atoms with E-state index in [0.29, 0.717) is 0 Å². The lowest BCUT2D eigenvalue weighted by Crippen LogP contribution is -2.38. The molecule has 9 heteroatoms. The van der Waals surface area contributed by atoms with Crippen molar-refractivity contribution >= 4 is 11.9 Å². The summed E-state index contributed by atoms with van der Waals surface area (Å²) in [5.41, 5.74) is 0. The summed E-state index contributed by atoms with van der Waals surface area (Å²) in [6.07, 6.45) is -7.34. The van der Waals surface area contributed by atoms with E-state index in [0.717, 1.165) is 0 Å². The quantitative estimate of drug-likeness (QED) is 0.420. The Morgan fingerprint density at radius 2 is 1.67 bits per heavy atom. The lowest BCUT2D eigenvalue weighted by atomic mass is 10.3. The molecule has 0 rings (SSSR count). The summed E-state index contributed by atoms with van der Waals surface area (Å²) >= 11 is 0. The van der Waals surface area contributed by atoms with Gasteiger partial charge in [0.05, 0.1) is 0 Å². The topological polar surface area (TPSA) is 43.4 Å². The largest absolute Gasteiger partial charge is 0.387 e. The molecule has 0 radical (unpaired) electrons. The zero-order valence-corrected chi connectivity index (χ0v) is 6.85. The first-order valence-electron chi connectivity index (χ1n) is 3.34. The summed E-state index contributed by atoms with van der Waals surface area (Å²) in [7, 11) is 0. The molecule has 0 N–H and O–H groups in total. The zero-order valence-electron chi connectivity index (χ0n) is 6.85. The summed E-state index contributed by atoms with van der Waals surface area (Å²) < 4.78 is 73.5. The minimum Gasteiger partial charge on any atom is -0.386 e. The van der Waals surface area contributed by atoms with Crippen LogP contribution in [0.2, 0.25) is 0 Å². The first-order chi connectivity index (χ1) is 6.72. The van der Waals surface area contributed by atoms with Crippen LogP contribution in [-0.2, 0) is 14.3 Å². The molecule has 1 atom stereocenters. The third kappa shape index (κ3) is 3.76. The molecule has 0 aromatic rings. The van der Waals surface area contributed by atoms with Gasteiger partial charge in [-0.2, -0.15) is 8.78 Å². The van der Waals surface area contributed by atoms with E-state index in [1.165, 1.54) is 0 Å². The number of esters is 2. The van der Waals surface area contributed by atoms with Gasteiger partial charge in [-0.05, 0) is 0 Å². The molecule has 3 nitrogen and oxygen atoms in total. The van der Waals surface area contributed by atoms with Crippen LogP contribution in [0.5, 0.6) is 0 Å². The third-order valence-electron chi connectivity index (χ3n) is 1.11. The Labute approximate surface area is 79.0 Å². The van der Waals surface area contributed by atoms with Crippen molar-refractivity contribution in [1.29, 1.82) is 0 Å². The first-order valence-corrected chi connectivity index (χ1v) is 3.34. The maximum atomic E-state index is 12.1. The highest BCUT2D eigenvalue weighted by atomic mass is 19.3. The fourth-order valence-electron chi connectivity index (χ4n) is 0.380. The molecule has 0 amide bonds. The summed E-state index contributed by atoms with van der Waals surface area (Å²) in [4.78, 5) is 20.4. The van der Waals surface area contributed by atoms with E-state index in [1.807, 2.05) is 0 Å². The minimum atomic E-state index is -4.66. The molecule has 0 aliphatic heterocycles. The van der Waals surface area contributed by atoms with Crippen LogP contribution in [0.25, 0.3) is 0 Å². The second kappa shape index (κ2) is 4.99. The number of carbonyl (C=O) groups excluding carboxylic acids is 2. The molecule has 0 aromatic heterocycles. The Kier molecular flexibility index (Phi) is 4.56. The minimum absolute atomic E-state index is 2.48. The Hall–Kier alpha value is -1.28. The summed E-state index contributed by atoms with van der Waals surface area (Å²) in [5, 5.41) is 0. The molecule has 0 saturated carbocycles. The van der Waals surface area contributed by atoms with E-state index >= 15 is 0 Å². The van der Waals surface area contributed by atoms with E-state index in [2.05, 4.69) is 4.74 Å². The summed E-state index contributed by atoms with van der Waals surface area (Å²) in [5.74, 6) is -9.85. The zero-order chi connectivity index (χ0) is 12.2. The molecule has 0 spiro atoms. The van der Waals surface area contributed by atoms with Crippen LogP contribution in [-0.4, -0.2) is 37.1 Å². The van der Waals surface area contributed by atoms with Gasteiger partial charge in [0.15, 0.2) is 6.67 Å². The molecule has 0 saturated heterocycles. The lowest BCUT2D eigenvalue weighted by Gasteiger charge is -2.11. The number of hydrogen-bond donors (Lipinski definition) is 0. The standard InChI is InChI=1S/C6H4F6O3/c7-1-6(11,12)5(14)15-4(13)2(8)3(9)10/h2-3H,1H2. The van der Waals surface area contributed by atoms with E-state index in [1.54, 1.807) is 0 Å². The van der Waals surface area contributed by atoms with Gasteiger partial charge in [-0.15, -0.1) is 0 Å². The molecule has 0 aliphatic rings. The average Bonchev–Trinajstić information content (AvgIpc) is 2.16. The number of rotatable bonds is 4. The van der Waals surface area contributed by atoms with Crippen molar-refractivity contribution in [1.82, 2.24) is 0 Å². The Bertz CT molecular complexity index is 253. The van der Waals surface area contributed by atoms with Crippen molar-refractivity contribution in [3.05, 3.63) is 0 Å². The highest BCUT2D eigenvalue weighted by Gasteiger charge is 2.44. The predicted molar refractivity (Wildman–Crippen MR) is 32.9 cm³/mol. The maximum Gasteiger partial charge on any atom is 0.387 e. The molecule has 0 aromatic carbocycles. The SMILES string of the molecule is O=C(OC(=O)C(F)(F)CF)C(F)C(F)F. The van der Waals surface area contributed by atoms with Crippen LogP contribution in [0.3, 0.4) is 0 Å². The molecule has 0 heterocycles. The lowest BCUT2D eigenvalue weighted by molar-refractivity contribution is -0.185. The molecular weight excluding hydrogens is 234 g/mol. The number of alkyl halides is 6. The van der Waals surface area contributed by atoms with Gasteiger partial charge in [0.25, 0.3) is 12.6 Å². The second-order valence-electron chi connectivity index (χ2n) is 2.28. The highest BCUT2D eigenvalue weighted by Crippen LogP contribution is 2.17. The van der Waals surface area contributed by atoms with Gasteiger partial charge < -0.3 is 4.74 Å². The fourth-order valence-corrected chi connectivity index (χ4v) is 0.380. The molecular formula is C6H4F6O3. The molecule has 0 aliphatic carbocycles. The van der Waals surface area contributed by atoms with Gasteiger partial charge in [0.1, 0.15) is 0 Å². The monoisotopic (exact) mass is 238 g/mol. The number of halogens is 6. The van der Waals surface area contributed by atoms with E-state index < -0.39 is 37.1 Å². The number of ether oxygens (including phenoxy) is 1. The summed E-state index contributed by atoms with van der Waals surface area (Å²) in [6.45, 7) is -2.48. The van der Waals surface area contributed by atoms with E-state index in [9.17, 15) is 35.9 Å². The van der Waals surface area contributed by atoms with Crippen LogP contribution in [0.15, 0.2) is 0 Å². The Morgan fingerprint density at radius 3 is 2.00 bits per heavy atom. The van der Waals surface area contributed by atoms with Gasteiger partial charge in [0.2, 0.25) is 0 Å². The van der Waals surface area contributed by atoms with Crippen LogP contribution < -0.4 is 0 Å². The predicted octanol–water partition coefficient (Wildman–Crippen LogP) is 1.26. The molecule has 88 valence electrons. The van der Waals surface area contributed by atoms with Gasteiger partial charge in [-0.25, -0.2) is 27.2 Å². The normalized spacial score (nSPS) is 13.8. The van der Waals surface area contributed by atoms with Gasteiger partial charge in [0, 0.05) is 0 Å². The van der Waals surface area contributed by atoms with Crippen molar-refractivity contribution < 1.29 is 40.7 Å². The van der Waals surface area contributed by atoms with Gasteiger partial charge in [-0.1, -0.05) is 0 Å². The van der Waals surface area contributed by atoms with Crippen molar-refractivity contribution in [3.63, 3.8) is 0 Å². The Morgan fingerprint density at radius 1 is 1.20 bits per heavy atom. The van der Waals surface area contributed by atoms with Crippen molar-refractivity contribution in [2.24, 2.45) is 0 Å². The number of carbonyl (C=O) groups is 2. The van der Waals surface area contributed by atoms with Gasteiger partial charge in [-0.3, -0.25) is 0 Å². The summed E-state index contributed by atoms with van der Waals surface area (Å²) in [6, 6.07) is 0. The molecule has 1 unspecified atom stereocenters. The van der Waals surface area contributed by atoms with Crippen LogP contribution in [0.1, 0.15) is 0 Å². The molecule has 15 heavy (non-hydrogen) atoms. The van der Waals surface area contributed by atoms with Crippen molar-refractivity contribution in [2.45, 2.75) is 18.5 Å². The second-order valence-corrected chi connectivity index (χ2v) is 2.28. The van der Waals surface area contributed by atoms with Crippen LogP contribution >= 0.6 is 0 Å². The molecule has 0 bridgehead atoms. The van der Waals surface area contributed by atoms with Crippen molar-refractivity contribution in [3.8, 4) is 0 Å². The first kappa shape index (κ1) is 13.7. The van der Waals surface area contributed by atoms with E-state index in [4.69, 9.17) is 0 Å². The van der Waals surface area contributed by atoms with Crippen LogP contribution in [0.4, 0.5) is 26.3 Å². The van der Waals surface area contributed by atoms with Crippen molar-refractivity contribution in [2.75, 3.05) is 6.67 Å². The fraction of sp³-hybridized carbons (Fsp3) is 0.667. The molecule has 0 fully saturated rings. The van der Waals surface area contributed by atoms with Crippen LogP contribution in [0, 0.1) is 0 Å². The Balaban J connectivity index is 4.38. The highest BCUT2D eigenvalue weighted by molar-refractivity contribution is 5.91. The number of hydrogen-bond acceptors (Lipinski definition) is 3. The average molecular weight is 238 g/mol. The maximum absolute atomic E-state index is 12.1. The van der Waals surface area contributed by atoms with Gasteiger partial charge >= 0.3 is 17.9 Å². The third-order valence-corrected chi connectivity index (χ3v) is 1.11. The smallest absolute Gasteiger partial charge is 0.386 e. The van der Waals surface area contributed by atoms with E-state index in [-0.39, 0.29) is 0 Å².